The molecule has 0 aliphatic rings. The van der Waals surface area contributed by atoms with Gasteiger partial charge in [-0.15, -0.1) is 0 Å². The summed E-state index contributed by atoms with van der Waals surface area (Å²) < 4.78 is 5.36. The predicted molar refractivity (Wildman–Crippen MR) is 52.0 cm³/mol. The number of aromatic nitrogens is 2. The predicted octanol–water partition coefficient (Wildman–Crippen LogP) is 2.55. The Morgan fingerprint density at radius 3 is 2.85 bits per heavy atom. The standard InChI is InChI=1S/C9H13ClN2O/c1-7(2)3-4-13-9-5-8(10)11-6-12-9/h5-7H,3-4H2,1-2H3. The van der Waals surface area contributed by atoms with Gasteiger partial charge in [-0.2, -0.15) is 0 Å². The third-order valence-electron chi connectivity index (χ3n) is 1.55. The van der Waals surface area contributed by atoms with Gasteiger partial charge in [-0.1, -0.05) is 25.4 Å². The van der Waals surface area contributed by atoms with E-state index in [1.165, 1.54) is 6.33 Å². The number of hydrogen-bond donors (Lipinski definition) is 0. The van der Waals surface area contributed by atoms with Gasteiger partial charge in [0.2, 0.25) is 5.88 Å². The van der Waals surface area contributed by atoms with Crippen molar-refractivity contribution in [1.29, 1.82) is 0 Å². The third-order valence-corrected chi connectivity index (χ3v) is 1.76. The number of hydrogen-bond acceptors (Lipinski definition) is 3. The zero-order valence-corrected chi connectivity index (χ0v) is 8.58. The molecular weight excluding hydrogens is 188 g/mol. The van der Waals surface area contributed by atoms with Crippen molar-refractivity contribution in [2.24, 2.45) is 5.92 Å². The minimum Gasteiger partial charge on any atom is -0.478 e. The molecule has 0 aliphatic heterocycles. The number of ether oxygens (including phenoxy) is 1. The van der Waals surface area contributed by atoms with Crippen LogP contribution in [-0.2, 0) is 0 Å². The molecule has 0 amide bonds. The molecule has 0 aromatic carbocycles. The van der Waals surface area contributed by atoms with Gasteiger partial charge in [0.15, 0.2) is 0 Å². The second-order valence-electron chi connectivity index (χ2n) is 3.21. The molecule has 1 aromatic heterocycles. The van der Waals surface area contributed by atoms with E-state index in [2.05, 4.69) is 23.8 Å². The lowest BCUT2D eigenvalue weighted by Gasteiger charge is -2.06. The monoisotopic (exact) mass is 200 g/mol. The molecule has 0 saturated carbocycles. The van der Waals surface area contributed by atoms with E-state index in [9.17, 15) is 0 Å². The quantitative estimate of drug-likeness (QED) is 0.701. The number of halogens is 1. The number of nitrogens with zero attached hydrogens (tertiary/aromatic N) is 2. The Morgan fingerprint density at radius 2 is 2.23 bits per heavy atom. The van der Waals surface area contributed by atoms with Gasteiger partial charge >= 0.3 is 0 Å². The van der Waals surface area contributed by atoms with Crippen LogP contribution in [0.2, 0.25) is 5.15 Å². The topological polar surface area (TPSA) is 35.0 Å². The fraction of sp³-hybridized carbons (Fsp3) is 0.556. The molecule has 4 heteroatoms. The molecule has 0 unspecified atom stereocenters. The lowest BCUT2D eigenvalue weighted by molar-refractivity contribution is 0.279. The molecule has 3 nitrogen and oxygen atoms in total. The maximum Gasteiger partial charge on any atom is 0.217 e. The average molecular weight is 201 g/mol. The van der Waals surface area contributed by atoms with E-state index in [-0.39, 0.29) is 0 Å². The van der Waals surface area contributed by atoms with Crippen molar-refractivity contribution in [3.63, 3.8) is 0 Å². The minimum absolute atomic E-state index is 0.412. The largest absolute Gasteiger partial charge is 0.478 e. The van der Waals surface area contributed by atoms with Gasteiger partial charge in [-0.3, -0.25) is 0 Å². The van der Waals surface area contributed by atoms with E-state index >= 15 is 0 Å². The van der Waals surface area contributed by atoms with E-state index < -0.39 is 0 Å². The maximum absolute atomic E-state index is 5.66. The van der Waals surface area contributed by atoms with E-state index in [1.807, 2.05) is 0 Å². The summed E-state index contributed by atoms with van der Waals surface area (Å²) in [5.41, 5.74) is 0. The van der Waals surface area contributed by atoms with Gasteiger partial charge < -0.3 is 4.74 Å². The number of rotatable bonds is 4. The van der Waals surface area contributed by atoms with Gasteiger partial charge in [0.05, 0.1) is 6.61 Å². The van der Waals surface area contributed by atoms with Crippen LogP contribution < -0.4 is 4.74 Å². The van der Waals surface area contributed by atoms with Crippen LogP contribution in [0, 0.1) is 5.92 Å². The van der Waals surface area contributed by atoms with Crippen molar-refractivity contribution < 1.29 is 4.74 Å². The lowest BCUT2D eigenvalue weighted by atomic mass is 10.1. The summed E-state index contributed by atoms with van der Waals surface area (Å²) in [7, 11) is 0. The molecule has 0 aliphatic carbocycles. The van der Waals surface area contributed by atoms with Crippen molar-refractivity contribution in [1.82, 2.24) is 9.97 Å². The molecule has 1 heterocycles. The molecule has 0 fully saturated rings. The highest BCUT2D eigenvalue weighted by molar-refractivity contribution is 6.29. The van der Waals surface area contributed by atoms with Crippen LogP contribution in [-0.4, -0.2) is 16.6 Å². The Bertz CT molecular complexity index is 266. The molecular formula is C9H13ClN2O. The van der Waals surface area contributed by atoms with E-state index in [4.69, 9.17) is 16.3 Å². The molecule has 1 aromatic rings. The zero-order chi connectivity index (χ0) is 9.68. The average Bonchev–Trinajstić information content (AvgIpc) is 2.03. The van der Waals surface area contributed by atoms with Gasteiger partial charge in [0.25, 0.3) is 0 Å². The van der Waals surface area contributed by atoms with Crippen LogP contribution in [0.4, 0.5) is 0 Å². The highest BCUT2D eigenvalue weighted by Gasteiger charge is 1.98. The summed E-state index contributed by atoms with van der Waals surface area (Å²) in [5, 5.41) is 0.412. The zero-order valence-electron chi connectivity index (χ0n) is 7.83. The Labute approximate surface area is 83.1 Å². The molecule has 0 atom stereocenters. The second kappa shape index (κ2) is 5.02. The highest BCUT2D eigenvalue weighted by atomic mass is 35.5. The first kappa shape index (κ1) is 10.3. The van der Waals surface area contributed by atoms with Crippen molar-refractivity contribution in [3.05, 3.63) is 17.5 Å². The summed E-state index contributed by atoms with van der Waals surface area (Å²) in [6, 6.07) is 1.61. The Balaban J connectivity index is 2.37. The van der Waals surface area contributed by atoms with Gasteiger partial charge in [-0.05, 0) is 12.3 Å². The van der Waals surface area contributed by atoms with Crippen LogP contribution in [0.1, 0.15) is 20.3 Å². The van der Waals surface area contributed by atoms with Crippen LogP contribution in [0.5, 0.6) is 5.88 Å². The third kappa shape index (κ3) is 4.08. The molecule has 0 saturated heterocycles. The normalized spacial score (nSPS) is 10.5. The van der Waals surface area contributed by atoms with E-state index in [1.54, 1.807) is 6.07 Å². The Hall–Kier alpha value is -0.830. The summed E-state index contributed by atoms with van der Waals surface area (Å²) in [5.74, 6) is 1.18. The van der Waals surface area contributed by atoms with Crippen LogP contribution in [0.15, 0.2) is 12.4 Å². The lowest BCUT2D eigenvalue weighted by Crippen LogP contribution is -2.02. The second-order valence-corrected chi connectivity index (χ2v) is 3.60. The molecule has 0 radical (unpaired) electrons. The van der Waals surface area contributed by atoms with E-state index in [0.717, 1.165) is 6.42 Å². The maximum atomic E-state index is 5.66. The summed E-state index contributed by atoms with van der Waals surface area (Å²) >= 11 is 5.66. The summed E-state index contributed by atoms with van der Waals surface area (Å²) in [4.78, 5) is 7.68. The van der Waals surface area contributed by atoms with E-state index in [0.29, 0.717) is 23.6 Å². The fourth-order valence-corrected chi connectivity index (χ4v) is 0.932. The molecule has 1 rings (SSSR count). The van der Waals surface area contributed by atoms with Gasteiger partial charge in [0, 0.05) is 6.07 Å². The smallest absolute Gasteiger partial charge is 0.217 e. The summed E-state index contributed by atoms with van der Waals surface area (Å²) in [6.45, 7) is 4.97. The molecule has 0 bridgehead atoms. The minimum atomic E-state index is 0.412. The molecule has 0 N–H and O–H groups in total. The summed E-state index contributed by atoms with van der Waals surface area (Å²) in [6.07, 6.45) is 2.41. The first-order valence-corrected chi connectivity index (χ1v) is 4.66. The Morgan fingerprint density at radius 1 is 1.46 bits per heavy atom. The van der Waals surface area contributed by atoms with Crippen LogP contribution >= 0.6 is 11.6 Å². The van der Waals surface area contributed by atoms with Crippen molar-refractivity contribution in [2.75, 3.05) is 6.61 Å². The first-order chi connectivity index (χ1) is 6.18. The molecule has 0 spiro atoms. The van der Waals surface area contributed by atoms with Crippen LogP contribution in [0.3, 0.4) is 0 Å². The van der Waals surface area contributed by atoms with Crippen LogP contribution in [0.25, 0.3) is 0 Å². The van der Waals surface area contributed by atoms with Crippen molar-refractivity contribution in [3.8, 4) is 5.88 Å². The SMILES string of the molecule is CC(C)CCOc1cc(Cl)ncn1. The van der Waals surface area contributed by atoms with Gasteiger partial charge in [0.1, 0.15) is 11.5 Å². The first-order valence-electron chi connectivity index (χ1n) is 4.29. The van der Waals surface area contributed by atoms with Crippen molar-refractivity contribution >= 4 is 11.6 Å². The molecule has 72 valence electrons. The Kier molecular flexibility index (Phi) is 3.96. The highest BCUT2D eigenvalue weighted by Crippen LogP contribution is 2.11. The van der Waals surface area contributed by atoms with Crippen molar-refractivity contribution in [2.45, 2.75) is 20.3 Å². The molecule has 13 heavy (non-hydrogen) atoms. The van der Waals surface area contributed by atoms with Gasteiger partial charge in [-0.25, -0.2) is 9.97 Å². The fourth-order valence-electron chi connectivity index (χ4n) is 0.795.